The van der Waals surface area contributed by atoms with E-state index in [2.05, 4.69) is 15.3 Å². The van der Waals surface area contributed by atoms with Gasteiger partial charge in [-0.25, -0.2) is 4.98 Å². The summed E-state index contributed by atoms with van der Waals surface area (Å²) >= 11 is 1.69. The minimum atomic E-state index is 0.164. The van der Waals surface area contributed by atoms with Crippen molar-refractivity contribution in [2.45, 2.75) is 19.4 Å². The number of aliphatic hydroxyl groups excluding tert-OH is 1. The van der Waals surface area contributed by atoms with Crippen molar-refractivity contribution in [3.63, 3.8) is 0 Å². The molecule has 2 aromatic heterocycles. The predicted octanol–water partition coefficient (Wildman–Crippen LogP) is 2.07. The maximum Gasteiger partial charge on any atom is 0.125 e. The maximum absolute atomic E-state index is 9.25. The summed E-state index contributed by atoms with van der Waals surface area (Å²) in [5, 5.41) is 13.7. The Labute approximate surface area is 116 Å². The molecule has 1 aliphatic rings. The van der Waals surface area contributed by atoms with Gasteiger partial charge in [0.25, 0.3) is 0 Å². The van der Waals surface area contributed by atoms with Gasteiger partial charge in [0.15, 0.2) is 0 Å². The van der Waals surface area contributed by atoms with Crippen LogP contribution in [0.2, 0.25) is 0 Å². The van der Waals surface area contributed by atoms with Crippen LogP contribution in [0.25, 0.3) is 10.6 Å². The summed E-state index contributed by atoms with van der Waals surface area (Å²) < 4.78 is 0. The number of thiazole rings is 1. The molecular formula is C14H17N3OS. The van der Waals surface area contributed by atoms with Gasteiger partial charge < -0.3 is 10.4 Å². The molecule has 2 heterocycles. The Morgan fingerprint density at radius 3 is 2.95 bits per heavy atom. The fourth-order valence-corrected chi connectivity index (χ4v) is 2.90. The van der Waals surface area contributed by atoms with Gasteiger partial charge in [0.2, 0.25) is 0 Å². The third kappa shape index (κ3) is 3.00. The highest BCUT2D eigenvalue weighted by Gasteiger charge is 2.41. The molecule has 0 amide bonds. The molecule has 2 N–H and O–H groups in total. The molecule has 1 fully saturated rings. The van der Waals surface area contributed by atoms with Gasteiger partial charge in [-0.05, 0) is 25.0 Å². The molecule has 0 bridgehead atoms. The van der Waals surface area contributed by atoms with E-state index in [1.54, 1.807) is 17.5 Å². The fourth-order valence-electron chi connectivity index (χ4n) is 2.03. The van der Waals surface area contributed by atoms with Crippen molar-refractivity contribution in [1.82, 2.24) is 15.3 Å². The van der Waals surface area contributed by atoms with E-state index in [-0.39, 0.29) is 5.41 Å². The molecule has 0 aliphatic heterocycles. The van der Waals surface area contributed by atoms with Crippen molar-refractivity contribution in [1.29, 1.82) is 0 Å². The summed E-state index contributed by atoms with van der Waals surface area (Å²) in [5.41, 5.74) is 1.23. The first-order valence-corrected chi connectivity index (χ1v) is 7.30. The van der Waals surface area contributed by atoms with Crippen molar-refractivity contribution in [2.75, 3.05) is 13.2 Å². The number of aliphatic hydroxyl groups is 1. The van der Waals surface area contributed by atoms with Crippen LogP contribution in [-0.2, 0) is 6.54 Å². The Morgan fingerprint density at radius 2 is 2.26 bits per heavy atom. The highest BCUT2D eigenvalue weighted by molar-refractivity contribution is 7.15. The van der Waals surface area contributed by atoms with Crippen LogP contribution in [-0.4, -0.2) is 28.2 Å². The highest BCUT2D eigenvalue weighted by Crippen LogP contribution is 2.44. The summed E-state index contributed by atoms with van der Waals surface area (Å²) in [4.78, 5) is 9.75. The zero-order valence-electron chi connectivity index (χ0n) is 10.7. The second-order valence-electron chi connectivity index (χ2n) is 5.14. The fraction of sp³-hybridized carbons (Fsp3) is 0.429. The van der Waals surface area contributed by atoms with Crippen molar-refractivity contribution in [3.05, 3.63) is 35.6 Å². The molecule has 19 heavy (non-hydrogen) atoms. The zero-order valence-corrected chi connectivity index (χ0v) is 11.5. The molecule has 100 valence electrons. The van der Waals surface area contributed by atoms with Crippen LogP contribution in [0, 0.1) is 5.41 Å². The van der Waals surface area contributed by atoms with Crippen molar-refractivity contribution >= 4 is 11.3 Å². The first kappa shape index (κ1) is 12.7. The lowest BCUT2D eigenvalue weighted by molar-refractivity contribution is 0.207. The molecule has 3 rings (SSSR count). The van der Waals surface area contributed by atoms with Crippen molar-refractivity contribution in [3.8, 4) is 10.6 Å². The second kappa shape index (κ2) is 5.36. The number of hydrogen-bond donors (Lipinski definition) is 2. The third-order valence-electron chi connectivity index (χ3n) is 3.55. The molecule has 0 radical (unpaired) electrons. The van der Waals surface area contributed by atoms with Gasteiger partial charge in [0.1, 0.15) is 5.01 Å². The van der Waals surface area contributed by atoms with Crippen LogP contribution >= 0.6 is 11.3 Å². The normalized spacial score (nSPS) is 16.5. The Balaban J connectivity index is 1.57. The van der Waals surface area contributed by atoms with Gasteiger partial charge in [0.05, 0.1) is 0 Å². The summed E-state index contributed by atoms with van der Waals surface area (Å²) in [5.74, 6) is 0. The quantitative estimate of drug-likeness (QED) is 0.847. The average Bonchev–Trinajstić information content (AvgIpc) is 3.09. The van der Waals surface area contributed by atoms with E-state index in [9.17, 15) is 5.11 Å². The zero-order chi connectivity index (χ0) is 13.1. The number of nitrogens with one attached hydrogen (secondary N) is 1. The Hall–Kier alpha value is -1.30. The molecule has 0 aromatic carbocycles. The summed E-state index contributed by atoms with van der Waals surface area (Å²) in [6, 6.07) is 3.95. The van der Waals surface area contributed by atoms with Crippen LogP contribution in [0.5, 0.6) is 0 Å². The lowest BCUT2D eigenvalue weighted by atomic mass is 10.1. The molecule has 0 spiro atoms. The number of pyridine rings is 1. The molecular weight excluding hydrogens is 258 g/mol. The van der Waals surface area contributed by atoms with E-state index in [1.165, 1.54) is 4.88 Å². The number of nitrogens with zero attached hydrogens (tertiary/aromatic N) is 2. The summed E-state index contributed by atoms with van der Waals surface area (Å²) in [6.45, 7) is 2.01. The molecule has 5 heteroatoms. The van der Waals surface area contributed by atoms with E-state index in [0.717, 1.165) is 36.5 Å². The van der Waals surface area contributed by atoms with Crippen LogP contribution < -0.4 is 5.32 Å². The number of rotatable bonds is 6. The highest BCUT2D eigenvalue weighted by atomic mass is 32.1. The van der Waals surface area contributed by atoms with Crippen molar-refractivity contribution in [2.24, 2.45) is 5.41 Å². The second-order valence-corrected chi connectivity index (χ2v) is 6.25. The van der Waals surface area contributed by atoms with E-state index < -0.39 is 0 Å². The molecule has 1 aliphatic carbocycles. The first-order valence-electron chi connectivity index (χ1n) is 6.48. The third-order valence-corrected chi connectivity index (χ3v) is 4.60. The van der Waals surface area contributed by atoms with Crippen LogP contribution in [0.1, 0.15) is 17.7 Å². The van der Waals surface area contributed by atoms with Crippen LogP contribution in [0.4, 0.5) is 0 Å². The van der Waals surface area contributed by atoms with E-state index in [4.69, 9.17) is 0 Å². The minimum Gasteiger partial charge on any atom is -0.396 e. The molecule has 0 saturated heterocycles. The van der Waals surface area contributed by atoms with Gasteiger partial charge in [-0.1, -0.05) is 0 Å². The minimum absolute atomic E-state index is 0.164. The van der Waals surface area contributed by atoms with Crippen molar-refractivity contribution < 1.29 is 5.11 Å². The standard InChI is InChI=1S/C14H17N3OS/c18-10-14(3-4-14)9-16-7-12-8-17-13(19-12)11-2-1-5-15-6-11/h1-2,5-6,8,16,18H,3-4,7,9-10H2. The van der Waals surface area contributed by atoms with Gasteiger partial charge in [-0.15, -0.1) is 11.3 Å². The first-order chi connectivity index (χ1) is 9.31. The van der Waals surface area contributed by atoms with Gasteiger partial charge >= 0.3 is 0 Å². The maximum atomic E-state index is 9.25. The van der Waals surface area contributed by atoms with Gasteiger partial charge in [0, 0.05) is 54.1 Å². The molecule has 0 unspecified atom stereocenters. The van der Waals surface area contributed by atoms with Crippen LogP contribution in [0.3, 0.4) is 0 Å². The summed E-state index contributed by atoms with van der Waals surface area (Å²) in [7, 11) is 0. The van der Waals surface area contributed by atoms with Gasteiger partial charge in [-0.2, -0.15) is 0 Å². The Morgan fingerprint density at radius 1 is 1.37 bits per heavy atom. The summed E-state index contributed by atoms with van der Waals surface area (Å²) in [6.07, 6.45) is 7.79. The number of aromatic nitrogens is 2. The molecule has 1 saturated carbocycles. The predicted molar refractivity (Wildman–Crippen MR) is 75.8 cm³/mol. The largest absolute Gasteiger partial charge is 0.396 e. The molecule has 4 nitrogen and oxygen atoms in total. The monoisotopic (exact) mass is 275 g/mol. The molecule has 0 atom stereocenters. The van der Waals surface area contributed by atoms with E-state index in [1.807, 2.05) is 24.5 Å². The lowest BCUT2D eigenvalue weighted by Crippen LogP contribution is -2.25. The van der Waals surface area contributed by atoms with Crippen LogP contribution in [0.15, 0.2) is 30.7 Å². The Bertz CT molecular complexity index is 537. The smallest absolute Gasteiger partial charge is 0.125 e. The topological polar surface area (TPSA) is 58.0 Å². The van der Waals surface area contributed by atoms with E-state index in [0.29, 0.717) is 6.61 Å². The Kier molecular flexibility index (Phi) is 3.59. The number of hydrogen-bond acceptors (Lipinski definition) is 5. The van der Waals surface area contributed by atoms with Gasteiger partial charge in [-0.3, -0.25) is 4.98 Å². The molecule has 2 aromatic rings. The lowest BCUT2D eigenvalue weighted by Gasteiger charge is -2.11. The average molecular weight is 275 g/mol. The van der Waals surface area contributed by atoms with E-state index >= 15 is 0 Å². The SMILES string of the molecule is OCC1(CNCc2cnc(-c3cccnc3)s2)CC1.